The van der Waals surface area contributed by atoms with Crippen molar-refractivity contribution in [3.05, 3.63) is 132 Å². The number of rotatable bonds is 2. The van der Waals surface area contributed by atoms with Crippen LogP contribution in [0.5, 0.6) is 11.5 Å². The summed E-state index contributed by atoms with van der Waals surface area (Å²) in [6.45, 7) is 4.94. The second-order valence-corrected chi connectivity index (χ2v) is 12.5. The van der Waals surface area contributed by atoms with E-state index in [1.165, 1.54) is 49.6 Å². The topological polar surface area (TPSA) is 150 Å². The third-order valence-corrected chi connectivity index (χ3v) is 8.27. The molecule has 4 aromatic heterocycles. The molecule has 0 bridgehead atoms. The van der Waals surface area contributed by atoms with Gasteiger partial charge in [-0.15, -0.1) is 0 Å². The van der Waals surface area contributed by atoms with Gasteiger partial charge in [0.15, 0.2) is 11.4 Å². The minimum Gasteiger partial charge on any atom is -0.508 e. The Morgan fingerprint density at radius 3 is 1.57 bits per heavy atom. The van der Waals surface area contributed by atoms with Crippen LogP contribution in [0.15, 0.2) is 87.1 Å². The van der Waals surface area contributed by atoms with Crippen molar-refractivity contribution in [3.8, 4) is 22.6 Å². The number of fused-ring (bicyclic) bond motifs is 2. The molecule has 0 atom stereocenters. The molecule has 0 spiro atoms. The molecule has 0 saturated heterocycles. The zero-order valence-electron chi connectivity index (χ0n) is 28.2. The van der Waals surface area contributed by atoms with Crippen molar-refractivity contribution in [1.29, 1.82) is 0 Å². The standard InChI is InChI=1S/C17H13F3N2O2.C10H6BrF3N2O.C7H6BF3O3.CH4/c1-9-5-6-22-13(7-9)21-15(17(18,19)20)14(16(22)24)12-4-3-11(23)8-10(12)2;1-5-2-3-16-6(4-5)15-8(10(12,13)14)7(11)9(16)17;9-7(10,11)5-3-4(12)1-2-6(5)8(13)14;/h3-8,23H,1-2H3;2-4H,1H3;1-3,12-14H;1H4. The number of alkyl halides is 9. The number of hydrogen-bond donors (Lipinski definition) is 4. The van der Waals surface area contributed by atoms with Crippen molar-refractivity contribution in [2.24, 2.45) is 0 Å². The van der Waals surface area contributed by atoms with Gasteiger partial charge in [0, 0.05) is 12.4 Å². The lowest BCUT2D eigenvalue weighted by atomic mass is 9.77. The van der Waals surface area contributed by atoms with Crippen molar-refractivity contribution < 1.29 is 59.8 Å². The number of aryl methyl sites for hydroxylation is 3. The Labute approximate surface area is 319 Å². The lowest BCUT2D eigenvalue weighted by Crippen LogP contribution is -2.35. The van der Waals surface area contributed by atoms with Crippen molar-refractivity contribution in [2.75, 3.05) is 0 Å². The van der Waals surface area contributed by atoms with E-state index in [4.69, 9.17) is 15.2 Å². The van der Waals surface area contributed by atoms with Crippen LogP contribution in [0.3, 0.4) is 0 Å². The van der Waals surface area contributed by atoms with Gasteiger partial charge < -0.3 is 20.3 Å². The summed E-state index contributed by atoms with van der Waals surface area (Å²) >= 11 is 2.64. The van der Waals surface area contributed by atoms with E-state index in [1.807, 2.05) is 0 Å². The summed E-state index contributed by atoms with van der Waals surface area (Å²) in [6.07, 6.45) is -11.4. The first-order valence-corrected chi connectivity index (χ1v) is 16.0. The zero-order chi connectivity index (χ0) is 41.4. The number of phenols is 2. The summed E-state index contributed by atoms with van der Waals surface area (Å²) in [5.41, 5.74) is -4.69. The average Bonchev–Trinajstić information content (AvgIpc) is 3.05. The fourth-order valence-corrected chi connectivity index (χ4v) is 5.54. The molecule has 4 N–H and O–H groups in total. The van der Waals surface area contributed by atoms with Crippen molar-refractivity contribution in [1.82, 2.24) is 18.8 Å². The quantitative estimate of drug-likeness (QED) is 0.105. The molecule has 6 aromatic rings. The second-order valence-electron chi connectivity index (χ2n) is 11.7. The molecule has 6 rings (SSSR count). The summed E-state index contributed by atoms with van der Waals surface area (Å²) < 4.78 is 117. The monoisotopic (exact) mass is 862 g/mol. The van der Waals surface area contributed by atoms with Crippen LogP contribution >= 0.6 is 15.9 Å². The number of halogens is 10. The Balaban J connectivity index is 0.000000233. The van der Waals surface area contributed by atoms with Gasteiger partial charge in [0.25, 0.3) is 11.1 Å². The van der Waals surface area contributed by atoms with Crippen LogP contribution in [0.25, 0.3) is 22.4 Å². The molecule has 0 aliphatic heterocycles. The zero-order valence-corrected chi connectivity index (χ0v) is 29.8. The number of pyridine rings is 2. The van der Waals surface area contributed by atoms with E-state index in [2.05, 4.69) is 25.9 Å². The van der Waals surface area contributed by atoms with Crippen LogP contribution in [0.1, 0.15) is 41.1 Å². The van der Waals surface area contributed by atoms with Crippen molar-refractivity contribution in [3.63, 3.8) is 0 Å². The molecular weight excluding hydrogens is 834 g/mol. The molecule has 0 aliphatic rings. The maximum atomic E-state index is 13.5. The minimum absolute atomic E-state index is 0. The number of aromatic nitrogens is 4. The molecule has 2 aromatic carbocycles. The van der Waals surface area contributed by atoms with Crippen LogP contribution in [0.2, 0.25) is 0 Å². The van der Waals surface area contributed by atoms with E-state index in [9.17, 15) is 54.2 Å². The Morgan fingerprint density at radius 2 is 1.11 bits per heavy atom. The van der Waals surface area contributed by atoms with E-state index >= 15 is 0 Å². The van der Waals surface area contributed by atoms with Gasteiger partial charge in [-0.2, -0.15) is 39.5 Å². The molecule has 10 nitrogen and oxygen atoms in total. The molecule has 0 fully saturated rings. The van der Waals surface area contributed by atoms with E-state index in [-0.39, 0.29) is 30.0 Å². The summed E-state index contributed by atoms with van der Waals surface area (Å²) in [5, 5.41) is 35.5. The Kier molecular flexibility index (Phi) is 13.5. The van der Waals surface area contributed by atoms with E-state index in [0.29, 0.717) is 17.2 Å². The fourth-order valence-electron chi connectivity index (χ4n) is 5.04. The molecule has 298 valence electrons. The highest BCUT2D eigenvalue weighted by atomic mass is 79.9. The SMILES string of the molecule is C.Cc1ccn2c(=O)c(-c3ccc(O)cc3C)c(C(F)(F)F)nc2c1.Cc1ccn2c(=O)c(Br)c(C(F)(F)F)nc2c1.OB(O)c1ccc(O)cc1C(F)(F)F. The maximum Gasteiger partial charge on any atom is 0.489 e. The Bertz CT molecular complexity index is 2520. The molecule has 0 radical (unpaired) electrons. The van der Waals surface area contributed by atoms with Gasteiger partial charge in [0.1, 0.15) is 27.3 Å². The predicted molar refractivity (Wildman–Crippen MR) is 192 cm³/mol. The molecule has 0 aliphatic carbocycles. The van der Waals surface area contributed by atoms with E-state index < -0.39 is 75.0 Å². The molecular formula is C35H29BBrF9N4O6. The second kappa shape index (κ2) is 16.8. The van der Waals surface area contributed by atoms with Gasteiger partial charge in [-0.1, -0.05) is 19.6 Å². The molecule has 0 amide bonds. The van der Waals surface area contributed by atoms with Crippen LogP contribution in [-0.2, 0) is 18.5 Å². The summed E-state index contributed by atoms with van der Waals surface area (Å²) in [7, 11) is -2.22. The van der Waals surface area contributed by atoms with Crippen LogP contribution in [0.4, 0.5) is 39.5 Å². The largest absolute Gasteiger partial charge is 0.508 e. The molecule has 0 unspecified atom stereocenters. The summed E-state index contributed by atoms with van der Waals surface area (Å²) in [5.74, 6) is -0.670. The Hall–Kier alpha value is -5.41. The predicted octanol–water partition coefficient (Wildman–Crippen LogP) is 7.21. The third kappa shape index (κ3) is 10.1. The fraction of sp³-hybridized carbons (Fsp3) is 0.200. The van der Waals surface area contributed by atoms with Crippen molar-refractivity contribution in [2.45, 2.75) is 46.7 Å². The third-order valence-electron chi connectivity index (χ3n) is 7.55. The molecule has 4 heterocycles. The summed E-state index contributed by atoms with van der Waals surface area (Å²) in [4.78, 5) is 31.5. The number of benzene rings is 2. The number of nitrogens with zero attached hydrogens (tertiary/aromatic N) is 4. The smallest absolute Gasteiger partial charge is 0.489 e. The first-order valence-electron chi connectivity index (χ1n) is 15.2. The normalized spacial score (nSPS) is 11.6. The van der Waals surface area contributed by atoms with Crippen LogP contribution in [0, 0.1) is 20.8 Å². The molecule has 0 saturated carbocycles. The van der Waals surface area contributed by atoms with Gasteiger partial charge in [0.05, 0.1) is 11.1 Å². The van der Waals surface area contributed by atoms with Gasteiger partial charge in [-0.25, -0.2) is 9.97 Å². The van der Waals surface area contributed by atoms with Gasteiger partial charge in [-0.05, 0) is 113 Å². The maximum absolute atomic E-state index is 13.5. The number of phenolic OH excluding ortho intramolecular Hbond substituents is 2. The highest BCUT2D eigenvalue weighted by Gasteiger charge is 2.39. The van der Waals surface area contributed by atoms with Crippen LogP contribution < -0.4 is 16.6 Å². The van der Waals surface area contributed by atoms with Crippen molar-refractivity contribution >= 4 is 39.8 Å². The number of aromatic hydroxyl groups is 2. The first-order chi connectivity index (χ1) is 25.3. The first kappa shape index (κ1) is 45.0. The minimum atomic E-state index is -4.78. The lowest BCUT2D eigenvalue weighted by molar-refractivity contribution is -0.142. The highest BCUT2D eigenvalue weighted by molar-refractivity contribution is 9.10. The lowest BCUT2D eigenvalue weighted by Gasteiger charge is -2.15. The van der Waals surface area contributed by atoms with Gasteiger partial charge in [0.2, 0.25) is 0 Å². The number of hydrogen-bond acceptors (Lipinski definition) is 8. The summed E-state index contributed by atoms with van der Waals surface area (Å²) in [6, 6.07) is 12.1. The molecule has 56 heavy (non-hydrogen) atoms. The molecule has 21 heteroatoms. The van der Waals surface area contributed by atoms with E-state index in [0.717, 1.165) is 26.5 Å². The van der Waals surface area contributed by atoms with E-state index in [1.54, 1.807) is 26.0 Å². The highest BCUT2D eigenvalue weighted by Crippen LogP contribution is 2.36. The Morgan fingerprint density at radius 1 is 0.643 bits per heavy atom. The average molecular weight is 863 g/mol. The van der Waals surface area contributed by atoms with Gasteiger partial charge >= 0.3 is 25.6 Å². The van der Waals surface area contributed by atoms with Gasteiger partial charge in [-0.3, -0.25) is 18.4 Å². The van der Waals surface area contributed by atoms with Crippen LogP contribution in [-0.4, -0.2) is 46.1 Å².